The summed E-state index contributed by atoms with van der Waals surface area (Å²) in [5.41, 5.74) is 0.871. The van der Waals surface area contributed by atoms with Gasteiger partial charge in [0, 0.05) is 6.07 Å². The molecule has 1 aromatic carbocycles. The lowest BCUT2D eigenvalue weighted by Crippen LogP contribution is -1.90. The Hall–Kier alpha value is -1.64. The molecule has 98 valence electrons. The Morgan fingerprint density at radius 2 is 1.89 bits per heavy atom. The summed E-state index contributed by atoms with van der Waals surface area (Å²) < 4.78 is 0. The second kappa shape index (κ2) is 8.45. The average Bonchev–Trinajstić information content (AvgIpc) is 2.38. The van der Waals surface area contributed by atoms with E-state index in [0.29, 0.717) is 5.56 Å². The van der Waals surface area contributed by atoms with Crippen LogP contribution in [0.1, 0.15) is 51.0 Å². The van der Waals surface area contributed by atoms with Crippen LogP contribution in [0.5, 0.6) is 0 Å². The molecule has 3 nitrogen and oxygen atoms in total. The van der Waals surface area contributed by atoms with E-state index in [0.717, 1.165) is 12.8 Å². The molecule has 1 aromatic rings. The highest BCUT2D eigenvalue weighted by Crippen LogP contribution is 2.19. The van der Waals surface area contributed by atoms with Gasteiger partial charge in [0.2, 0.25) is 0 Å². The zero-order chi connectivity index (χ0) is 13.2. The van der Waals surface area contributed by atoms with Crippen molar-refractivity contribution in [1.29, 1.82) is 0 Å². The largest absolute Gasteiger partial charge is 0.276 e. The van der Waals surface area contributed by atoms with Crippen molar-refractivity contribution in [2.75, 3.05) is 0 Å². The van der Waals surface area contributed by atoms with Crippen molar-refractivity contribution in [1.82, 2.24) is 0 Å². The van der Waals surface area contributed by atoms with Gasteiger partial charge in [-0.3, -0.25) is 10.1 Å². The number of para-hydroxylation sites is 1. The molecule has 0 bridgehead atoms. The smallest absolute Gasteiger partial charge is 0.258 e. The van der Waals surface area contributed by atoms with Crippen LogP contribution in [0, 0.1) is 10.1 Å². The molecule has 0 saturated carbocycles. The van der Waals surface area contributed by atoms with Gasteiger partial charge < -0.3 is 0 Å². The van der Waals surface area contributed by atoms with E-state index in [4.69, 9.17) is 0 Å². The SMILES string of the molecule is CCCCCCC/C=C/c1ccccc1[N+](=O)[O-]. The van der Waals surface area contributed by atoms with Gasteiger partial charge in [-0.2, -0.15) is 0 Å². The molecule has 0 N–H and O–H groups in total. The van der Waals surface area contributed by atoms with Crippen LogP contribution in [0.2, 0.25) is 0 Å². The molecule has 0 aliphatic heterocycles. The van der Waals surface area contributed by atoms with Crippen LogP contribution in [0.4, 0.5) is 5.69 Å². The fourth-order valence-corrected chi connectivity index (χ4v) is 1.87. The van der Waals surface area contributed by atoms with Crippen LogP contribution in [0.15, 0.2) is 30.3 Å². The third-order valence-electron chi connectivity index (χ3n) is 2.91. The summed E-state index contributed by atoms with van der Waals surface area (Å²) in [6, 6.07) is 6.85. The number of benzene rings is 1. The molecular formula is C15H21NO2. The first kappa shape index (κ1) is 14.4. The Morgan fingerprint density at radius 3 is 2.61 bits per heavy atom. The summed E-state index contributed by atoms with van der Waals surface area (Å²) >= 11 is 0. The summed E-state index contributed by atoms with van der Waals surface area (Å²) in [4.78, 5) is 10.5. The van der Waals surface area contributed by atoms with Gasteiger partial charge in [0.15, 0.2) is 0 Å². The number of unbranched alkanes of at least 4 members (excludes halogenated alkanes) is 5. The van der Waals surface area contributed by atoms with Gasteiger partial charge in [0.1, 0.15) is 0 Å². The van der Waals surface area contributed by atoms with Gasteiger partial charge in [-0.25, -0.2) is 0 Å². The van der Waals surface area contributed by atoms with Gasteiger partial charge in [0.25, 0.3) is 5.69 Å². The number of nitro groups is 1. The lowest BCUT2D eigenvalue weighted by atomic mass is 10.1. The van der Waals surface area contributed by atoms with Crippen molar-refractivity contribution < 1.29 is 4.92 Å². The maximum Gasteiger partial charge on any atom is 0.276 e. The van der Waals surface area contributed by atoms with Crippen LogP contribution in [0.25, 0.3) is 6.08 Å². The minimum absolute atomic E-state index is 0.180. The first-order chi connectivity index (χ1) is 8.75. The Labute approximate surface area is 109 Å². The van der Waals surface area contributed by atoms with E-state index in [2.05, 4.69) is 6.92 Å². The van der Waals surface area contributed by atoms with Gasteiger partial charge in [-0.1, -0.05) is 56.9 Å². The van der Waals surface area contributed by atoms with Crippen molar-refractivity contribution in [3.8, 4) is 0 Å². The van der Waals surface area contributed by atoms with E-state index >= 15 is 0 Å². The molecule has 1 rings (SSSR count). The normalized spacial score (nSPS) is 10.9. The number of nitrogens with zero attached hydrogens (tertiary/aromatic N) is 1. The molecule has 0 saturated heterocycles. The van der Waals surface area contributed by atoms with Crippen molar-refractivity contribution in [3.63, 3.8) is 0 Å². The van der Waals surface area contributed by atoms with Crippen LogP contribution in [-0.4, -0.2) is 4.92 Å². The summed E-state index contributed by atoms with van der Waals surface area (Å²) in [5, 5.41) is 10.8. The van der Waals surface area contributed by atoms with Crippen LogP contribution in [0.3, 0.4) is 0 Å². The van der Waals surface area contributed by atoms with E-state index in [1.165, 1.54) is 25.7 Å². The Bertz CT molecular complexity index is 399. The first-order valence-corrected chi connectivity index (χ1v) is 6.65. The molecular weight excluding hydrogens is 226 g/mol. The van der Waals surface area contributed by atoms with Crippen LogP contribution < -0.4 is 0 Å². The molecule has 0 spiro atoms. The highest BCUT2D eigenvalue weighted by atomic mass is 16.6. The second-order valence-corrected chi connectivity index (χ2v) is 4.42. The topological polar surface area (TPSA) is 43.1 Å². The van der Waals surface area contributed by atoms with E-state index in [9.17, 15) is 10.1 Å². The van der Waals surface area contributed by atoms with Crippen LogP contribution in [-0.2, 0) is 0 Å². The Morgan fingerprint density at radius 1 is 1.17 bits per heavy atom. The van der Waals surface area contributed by atoms with Gasteiger partial charge in [-0.15, -0.1) is 0 Å². The quantitative estimate of drug-likeness (QED) is 0.370. The van der Waals surface area contributed by atoms with Crippen molar-refractivity contribution >= 4 is 11.8 Å². The van der Waals surface area contributed by atoms with E-state index in [1.54, 1.807) is 18.2 Å². The standard InChI is InChI=1S/C15H21NO2/c1-2-3-4-5-6-7-8-11-14-12-9-10-13-15(14)16(17)18/h8-13H,2-7H2,1H3/b11-8+. The zero-order valence-corrected chi connectivity index (χ0v) is 11.0. The summed E-state index contributed by atoms with van der Waals surface area (Å²) in [5.74, 6) is 0. The third-order valence-corrected chi connectivity index (χ3v) is 2.91. The molecule has 0 aliphatic rings. The predicted octanol–water partition coefficient (Wildman–Crippen LogP) is 4.97. The van der Waals surface area contributed by atoms with Gasteiger partial charge in [-0.05, 0) is 18.9 Å². The second-order valence-electron chi connectivity index (χ2n) is 4.42. The van der Waals surface area contributed by atoms with Crippen molar-refractivity contribution in [2.45, 2.75) is 45.4 Å². The van der Waals surface area contributed by atoms with Gasteiger partial charge >= 0.3 is 0 Å². The molecule has 0 atom stereocenters. The Kier molecular flexibility index (Phi) is 6.77. The lowest BCUT2D eigenvalue weighted by Gasteiger charge is -1.98. The van der Waals surface area contributed by atoms with Crippen LogP contribution >= 0.6 is 0 Å². The lowest BCUT2D eigenvalue weighted by molar-refractivity contribution is -0.385. The number of hydrogen-bond acceptors (Lipinski definition) is 2. The molecule has 0 aromatic heterocycles. The summed E-state index contributed by atoms with van der Waals surface area (Å²) in [6.45, 7) is 2.20. The minimum Gasteiger partial charge on any atom is -0.258 e. The van der Waals surface area contributed by atoms with Gasteiger partial charge in [0.05, 0.1) is 10.5 Å². The molecule has 0 heterocycles. The fourth-order valence-electron chi connectivity index (χ4n) is 1.87. The molecule has 0 unspecified atom stereocenters. The highest BCUT2D eigenvalue weighted by Gasteiger charge is 2.08. The predicted molar refractivity (Wildman–Crippen MR) is 75.5 cm³/mol. The average molecular weight is 247 g/mol. The highest BCUT2D eigenvalue weighted by molar-refractivity contribution is 5.60. The molecule has 0 aliphatic carbocycles. The van der Waals surface area contributed by atoms with E-state index in [-0.39, 0.29) is 10.6 Å². The number of allylic oxidation sites excluding steroid dienone is 1. The maximum atomic E-state index is 10.8. The number of nitro benzene ring substituents is 1. The zero-order valence-electron chi connectivity index (χ0n) is 11.0. The van der Waals surface area contributed by atoms with E-state index in [1.807, 2.05) is 18.2 Å². The molecule has 18 heavy (non-hydrogen) atoms. The molecule has 0 fully saturated rings. The monoisotopic (exact) mass is 247 g/mol. The van der Waals surface area contributed by atoms with E-state index < -0.39 is 0 Å². The Balaban J connectivity index is 2.40. The third kappa shape index (κ3) is 5.13. The number of hydrogen-bond donors (Lipinski definition) is 0. The molecule has 0 amide bonds. The minimum atomic E-state index is -0.332. The summed E-state index contributed by atoms with van der Waals surface area (Å²) in [7, 11) is 0. The molecule has 3 heteroatoms. The molecule has 0 radical (unpaired) electrons. The van der Waals surface area contributed by atoms with Crippen molar-refractivity contribution in [2.24, 2.45) is 0 Å². The maximum absolute atomic E-state index is 10.8. The van der Waals surface area contributed by atoms with Crippen molar-refractivity contribution in [3.05, 3.63) is 46.0 Å². The summed E-state index contributed by atoms with van der Waals surface area (Å²) in [6.07, 6.45) is 11.1. The number of rotatable bonds is 8. The fraction of sp³-hybridized carbons (Fsp3) is 0.467. The first-order valence-electron chi connectivity index (χ1n) is 6.65.